The van der Waals surface area contributed by atoms with Crippen molar-refractivity contribution >= 4 is 23.4 Å². The number of aryl methyl sites for hydroxylation is 1. The molecular weight excluding hydrogens is 222 g/mol. The van der Waals surface area contributed by atoms with Crippen LogP contribution in [0.1, 0.15) is 22.5 Å². The van der Waals surface area contributed by atoms with Crippen molar-refractivity contribution in [1.82, 2.24) is 10.3 Å². The summed E-state index contributed by atoms with van der Waals surface area (Å²) in [4.78, 5) is 16.0. The Hall–Kier alpha value is -1.23. The molecular formula is C11H15N3OS. The number of thioether (sulfide) groups is 1. The standard InChI is InChI=1S/C11H15N3OS/c1-7-10(4-8(12)5-13-7)11(15)14-9-2-3-16-6-9/h4-5,9H,2-3,6,12H2,1H3,(H,14,15). The van der Waals surface area contributed by atoms with E-state index in [0.29, 0.717) is 17.3 Å². The van der Waals surface area contributed by atoms with Crippen molar-refractivity contribution in [1.29, 1.82) is 0 Å². The Kier molecular flexibility index (Phi) is 3.33. The summed E-state index contributed by atoms with van der Waals surface area (Å²) < 4.78 is 0. The lowest BCUT2D eigenvalue weighted by Gasteiger charge is -2.12. The van der Waals surface area contributed by atoms with Gasteiger partial charge in [0.05, 0.1) is 23.1 Å². The zero-order chi connectivity index (χ0) is 11.5. The van der Waals surface area contributed by atoms with Crippen molar-refractivity contribution in [2.75, 3.05) is 17.2 Å². The number of anilines is 1. The molecule has 1 aromatic heterocycles. The second kappa shape index (κ2) is 4.74. The van der Waals surface area contributed by atoms with Crippen molar-refractivity contribution in [3.05, 3.63) is 23.5 Å². The second-order valence-electron chi connectivity index (χ2n) is 3.94. The van der Waals surface area contributed by atoms with Crippen LogP contribution < -0.4 is 11.1 Å². The number of nitrogen functional groups attached to an aromatic ring is 1. The summed E-state index contributed by atoms with van der Waals surface area (Å²) in [5, 5.41) is 3.01. The van der Waals surface area contributed by atoms with Gasteiger partial charge in [-0.05, 0) is 25.2 Å². The molecule has 3 N–H and O–H groups in total. The zero-order valence-corrected chi connectivity index (χ0v) is 10.0. The quantitative estimate of drug-likeness (QED) is 0.811. The van der Waals surface area contributed by atoms with Crippen molar-refractivity contribution < 1.29 is 4.79 Å². The van der Waals surface area contributed by atoms with Gasteiger partial charge in [0.25, 0.3) is 5.91 Å². The van der Waals surface area contributed by atoms with Crippen LogP contribution in [0.15, 0.2) is 12.3 Å². The molecule has 0 spiro atoms. The Morgan fingerprint density at radius 2 is 2.50 bits per heavy atom. The Morgan fingerprint density at radius 1 is 1.69 bits per heavy atom. The van der Waals surface area contributed by atoms with Crippen molar-refractivity contribution in [3.8, 4) is 0 Å². The van der Waals surface area contributed by atoms with Crippen LogP contribution in [0.2, 0.25) is 0 Å². The smallest absolute Gasteiger partial charge is 0.253 e. The number of rotatable bonds is 2. The summed E-state index contributed by atoms with van der Waals surface area (Å²) in [5.41, 5.74) is 7.45. The van der Waals surface area contributed by atoms with Gasteiger partial charge in [-0.1, -0.05) is 0 Å². The highest BCUT2D eigenvalue weighted by Crippen LogP contribution is 2.18. The molecule has 0 radical (unpaired) electrons. The van der Waals surface area contributed by atoms with Crippen LogP contribution in [-0.4, -0.2) is 28.4 Å². The van der Waals surface area contributed by atoms with Gasteiger partial charge in [-0.15, -0.1) is 0 Å². The van der Waals surface area contributed by atoms with Crippen LogP contribution in [0.25, 0.3) is 0 Å². The molecule has 1 fully saturated rings. The van der Waals surface area contributed by atoms with Crippen molar-refractivity contribution in [2.45, 2.75) is 19.4 Å². The van der Waals surface area contributed by atoms with Gasteiger partial charge < -0.3 is 11.1 Å². The number of aromatic nitrogens is 1. The lowest BCUT2D eigenvalue weighted by molar-refractivity contribution is 0.0940. The summed E-state index contributed by atoms with van der Waals surface area (Å²) in [6.07, 6.45) is 2.61. The molecule has 1 atom stereocenters. The van der Waals surface area contributed by atoms with Gasteiger partial charge in [-0.2, -0.15) is 11.8 Å². The molecule has 1 aliphatic rings. The molecule has 2 heterocycles. The van der Waals surface area contributed by atoms with Gasteiger partial charge in [0.15, 0.2) is 0 Å². The first kappa shape index (κ1) is 11.3. The molecule has 0 bridgehead atoms. The lowest BCUT2D eigenvalue weighted by atomic mass is 10.1. The maximum absolute atomic E-state index is 12.0. The van der Waals surface area contributed by atoms with E-state index in [4.69, 9.17) is 5.73 Å². The Labute approximate surface area is 99.0 Å². The molecule has 0 aliphatic carbocycles. The highest BCUT2D eigenvalue weighted by molar-refractivity contribution is 7.99. The molecule has 1 unspecified atom stereocenters. The van der Waals surface area contributed by atoms with Crippen LogP contribution in [0.5, 0.6) is 0 Å². The summed E-state index contributed by atoms with van der Waals surface area (Å²) in [6.45, 7) is 1.82. The van der Waals surface area contributed by atoms with Gasteiger partial charge in [0.2, 0.25) is 0 Å². The van der Waals surface area contributed by atoms with Gasteiger partial charge in [0, 0.05) is 11.8 Å². The number of nitrogens with one attached hydrogen (secondary N) is 1. The first-order chi connectivity index (χ1) is 7.66. The molecule has 5 heteroatoms. The number of carbonyl (C=O) groups is 1. The molecule has 16 heavy (non-hydrogen) atoms. The Morgan fingerprint density at radius 3 is 3.19 bits per heavy atom. The van der Waals surface area contributed by atoms with E-state index in [0.717, 1.165) is 23.6 Å². The Bertz CT molecular complexity index is 402. The number of hydrogen-bond acceptors (Lipinski definition) is 4. The minimum atomic E-state index is -0.0650. The molecule has 4 nitrogen and oxygen atoms in total. The number of carbonyl (C=O) groups excluding carboxylic acids is 1. The average Bonchev–Trinajstić information content (AvgIpc) is 2.74. The van der Waals surface area contributed by atoms with Gasteiger partial charge in [-0.3, -0.25) is 9.78 Å². The molecule has 1 aliphatic heterocycles. The fraction of sp³-hybridized carbons (Fsp3) is 0.455. The normalized spacial score (nSPS) is 19.7. The second-order valence-corrected chi connectivity index (χ2v) is 5.09. The van der Waals surface area contributed by atoms with Gasteiger partial charge >= 0.3 is 0 Å². The largest absolute Gasteiger partial charge is 0.397 e. The number of nitrogens with zero attached hydrogens (tertiary/aromatic N) is 1. The summed E-state index contributed by atoms with van der Waals surface area (Å²) >= 11 is 1.87. The van der Waals surface area contributed by atoms with E-state index in [-0.39, 0.29) is 5.91 Å². The molecule has 0 saturated carbocycles. The average molecular weight is 237 g/mol. The number of pyridine rings is 1. The molecule has 0 aromatic carbocycles. The minimum Gasteiger partial charge on any atom is -0.397 e. The van der Waals surface area contributed by atoms with Crippen molar-refractivity contribution in [3.63, 3.8) is 0 Å². The Balaban J connectivity index is 2.10. The fourth-order valence-corrected chi connectivity index (χ4v) is 2.84. The van der Waals surface area contributed by atoms with Gasteiger partial charge in [0.1, 0.15) is 0 Å². The number of nitrogens with two attached hydrogens (primary N) is 1. The number of amides is 1. The van der Waals surface area contributed by atoms with E-state index in [9.17, 15) is 4.79 Å². The molecule has 1 saturated heterocycles. The first-order valence-electron chi connectivity index (χ1n) is 5.27. The molecule has 1 amide bonds. The van der Waals surface area contributed by atoms with Crippen molar-refractivity contribution in [2.24, 2.45) is 0 Å². The van der Waals surface area contributed by atoms with Crippen LogP contribution in [0.4, 0.5) is 5.69 Å². The summed E-state index contributed by atoms with van der Waals surface area (Å²) in [7, 11) is 0. The molecule has 2 rings (SSSR count). The maximum Gasteiger partial charge on any atom is 0.253 e. The van der Waals surface area contributed by atoms with E-state index in [2.05, 4.69) is 10.3 Å². The van der Waals surface area contributed by atoms with E-state index in [1.807, 2.05) is 18.7 Å². The third-order valence-electron chi connectivity index (χ3n) is 2.62. The zero-order valence-electron chi connectivity index (χ0n) is 9.19. The highest BCUT2D eigenvalue weighted by Gasteiger charge is 2.19. The molecule has 86 valence electrons. The van der Waals surface area contributed by atoms with E-state index in [1.165, 1.54) is 0 Å². The summed E-state index contributed by atoms with van der Waals surface area (Å²) in [5.74, 6) is 2.06. The third-order valence-corrected chi connectivity index (χ3v) is 3.78. The number of hydrogen-bond donors (Lipinski definition) is 2. The molecule has 1 aromatic rings. The predicted molar refractivity (Wildman–Crippen MR) is 66.6 cm³/mol. The van der Waals surface area contributed by atoms with Crippen LogP contribution in [0.3, 0.4) is 0 Å². The van der Waals surface area contributed by atoms with E-state index in [1.54, 1.807) is 12.3 Å². The predicted octanol–water partition coefficient (Wildman–Crippen LogP) is 1.21. The van der Waals surface area contributed by atoms with E-state index >= 15 is 0 Å². The first-order valence-corrected chi connectivity index (χ1v) is 6.43. The third kappa shape index (κ3) is 2.47. The summed E-state index contributed by atoms with van der Waals surface area (Å²) in [6, 6.07) is 1.97. The topological polar surface area (TPSA) is 68.0 Å². The van der Waals surface area contributed by atoms with E-state index < -0.39 is 0 Å². The van der Waals surface area contributed by atoms with Crippen LogP contribution in [-0.2, 0) is 0 Å². The minimum absolute atomic E-state index is 0.0650. The monoisotopic (exact) mass is 237 g/mol. The maximum atomic E-state index is 12.0. The van der Waals surface area contributed by atoms with Crippen LogP contribution >= 0.6 is 11.8 Å². The SMILES string of the molecule is Cc1ncc(N)cc1C(=O)NC1CCSC1. The fourth-order valence-electron chi connectivity index (χ4n) is 1.69. The highest BCUT2D eigenvalue weighted by atomic mass is 32.2. The van der Waals surface area contributed by atoms with Gasteiger partial charge in [-0.25, -0.2) is 0 Å². The van der Waals surface area contributed by atoms with Crippen LogP contribution in [0, 0.1) is 6.92 Å². The lowest BCUT2D eigenvalue weighted by Crippen LogP contribution is -2.35.